The first-order valence-electron chi connectivity index (χ1n) is 9.98. The van der Waals surface area contributed by atoms with E-state index in [1.807, 2.05) is 6.07 Å². The lowest BCUT2D eigenvalue weighted by molar-refractivity contribution is 0.0601. The number of aromatic nitrogens is 3. The van der Waals surface area contributed by atoms with Gasteiger partial charge in [0.1, 0.15) is 11.3 Å². The molecule has 0 saturated carbocycles. The number of methoxy groups -OCH3 is 1. The molecule has 0 radical (unpaired) electrons. The molecule has 1 atom stereocenters. The highest BCUT2D eigenvalue weighted by Crippen LogP contribution is 2.40. The molecule has 1 aliphatic carbocycles. The number of nitrogens with zero attached hydrogens (tertiary/aromatic N) is 3. The highest BCUT2D eigenvalue weighted by Gasteiger charge is 2.28. The lowest BCUT2D eigenvalue weighted by Crippen LogP contribution is -2.21. The van der Waals surface area contributed by atoms with Crippen molar-refractivity contribution in [3.05, 3.63) is 56.1 Å². The summed E-state index contributed by atoms with van der Waals surface area (Å²) in [5, 5.41) is 12.5. The number of nitrogens with one attached hydrogen (secondary N) is 2. The smallest absolute Gasteiger partial charge is 0.341 e. The molecule has 3 aromatic rings. The zero-order chi connectivity index (χ0) is 22.8. The molecule has 1 aromatic carbocycles. The largest absolute Gasteiger partial charge is 0.465 e. The van der Waals surface area contributed by atoms with Crippen molar-refractivity contribution in [1.82, 2.24) is 14.8 Å². The second-order valence-electron chi connectivity index (χ2n) is 7.64. The van der Waals surface area contributed by atoms with Gasteiger partial charge < -0.3 is 10.1 Å². The van der Waals surface area contributed by atoms with E-state index in [0.29, 0.717) is 44.1 Å². The normalized spacial score (nSPS) is 15.2. The average Bonchev–Trinajstić information content (AvgIpc) is 3.33. The molecule has 1 unspecified atom stereocenters. The third kappa shape index (κ3) is 5.06. The highest BCUT2D eigenvalue weighted by molar-refractivity contribution is 7.80. The van der Waals surface area contributed by atoms with Gasteiger partial charge in [0.2, 0.25) is 5.95 Å². The van der Waals surface area contributed by atoms with E-state index in [-0.39, 0.29) is 5.97 Å². The molecule has 7 nitrogen and oxygen atoms in total. The molecule has 0 amide bonds. The van der Waals surface area contributed by atoms with Crippen LogP contribution in [0.5, 0.6) is 0 Å². The minimum atomic E-state index is -0.355. The Kier molecular flexibility index (Phi) is 6.99. The number of thiocarbonyl (C=S) groups is 1. The third-order valence-corrected chi connectivity index (χ3v) is 7.33. The molecular formula is C21H21Cl2N5O2S2. The molecular weight excluding hydrogens is 489 g/mol. The van der Waals surface area contributed by atoms with Gasteiger partial charge in [-0.2, -0.15) is 0 Å². The van der Waals surface area contributed by atoms with Gasteiger partial charge in [0, 0.05) is 4.88 Å². The molecule has 0 spiro atoms. The first-order chi connectivity index (χ1) is 15.3. The number of benzene rings is 1. The van der Waals surface area contributed by atoms with Crippen LogP contribution in [0.25, 0.3) is 0 Å². The molecule has 0 bridgehead atoms. The lowest BCUT2D eigenvalue weighted by Gasteiger charge is -2.18. The van der Waals surface area contributed by atoms with Crippen LogP contribution in [0, 0.1) is 5.92 Å². The molecule has 32 heavy (non-hydrogen) atoms. The Balaban J connectivity index is 1.45. The Hall–Kier alpha value is -2.20. The first-order valence-corrected chi connectivity index (χ1v) is 12.0. The van der Waals surface area contributed by atoms with Crippen LogP contribution < -0.4 is 10.6 Å². The number of thiophene rings is 1. The Morgan fingerprint density at radius 3 is 2.91 bits per heavy atom. The van der Waals surface area contributed by atoms with E-state index in [1.54, 1.807) is 34.5 Å². The molecule has 0 saturated heterocycles. The molecule has 0 fully saturated rings. The van der Waals surface area contributed by atoms with E-state index < -0.39 is 0 Å². The maximum atomic E-state index is 12.4. The van der Waals surface area contributed by atoms with Crippen molar-refractivity contribution in [2.45, 2.75) is 32.7 Å². The minimum Gasteiger partial charge on any atom is -0.465 e. The lowest BCUT2D eigenvalue weighted by atomic mass is 9.88. The fraction of sp³-hybridized carbons (Fsp3) is 0.333. The summed E-state index contributed by atoms with van der Waals surface area (Å²) in [6, 6.07) is 5.41. The zero-order valence-electron chi connectivity index (χ0n) is 17.4. The number of rotatable bonds is 5. The van der Waals surface area contributed by atoms with Gasteiger partial charge in [-0.15, -0.1) is 16.4 Å². The third-order valence-electron chi connectivity index (χ3n) is 5.22. The fourth-order valence-corrected chi connectivity index (χ4v) is 5.63. The molecule has 168 valence electrons. The van der Waals surface area contributed by atoms with E-state index in [9.17, 15) is 4.79 Å². The number of hydrogen-bond donors (Lipinski definition) is 2. The van der Waals surface area contributed by atoms with Crippen molar-refractivity contribution in [2.24, 2.45) is 5.92 Å². The summed E-state index contributed by atoms with van der Waals surface area (Å²) >= 11 is 19.0. The maximum absolute atomic E-state index is 12.4. The van der Waals surface area contributed by atoms with Gasteiger partial charge in [-0.3, -0.25) is 5.32 Å². The quantitative estimate of drug-likeness (QED) is 0.351. The Labute approximate surface area is 205 Å². The van der Waals surface area contributed by atoms with Gasteiger partial charge in [0.25, 0.3) is 0 Å². The van der Waals surface area contributed by atoms with Crippen molar-refractivity contribution >= 4 is 68.8 Å². The Morgan fingerprint density at radius 2 is 2.16 bits per heavy atom. The van der Waals surface area contributed by atoms with Gasteiger partial charge in [0.15, 0.2) is 5.11 Å². The second kappa shape index (κ2) is 9.74. The number of ether oxygens (including phenoxy) is 1. The molecule has 1 aliphatic rings. The van der Waals surface area contributed by atoms with E-state index in [1.165, 1.54) is 12.0 Å². The van der Waals surface area contributed by atoms with Gasteiger partial charge in [0.05, 0.1) is 29.3 Å². The second-order valence-corrected chi connectivity index (χ2v) is 9.97. The van der Waals surface area contributed by atoms with Crippen molar-refractivity contribution in [2.75, 3.05) is 17.7 Å². The monoisotopic (exact) mass is 509 g/mol. The maximum Gasteiger partial charge on any atom is 0.341 e. The number of carbonyl (C=O) groups is 1. The van der Waals surface area contributed by atoms with E-state index in [2.05, 4.69) is 27.6 Å². The number of esters is 1. The van der Waals surface area contributed by atoms with E-state index >= 15 is 0 Å². The number of fused-ring (bicyclic) bond motifs is 1. The molecule has 11 heteroatoms. The van der Waals surface area contributed by atoms with Crippen LogP contribution in [0.3, 0.4) is 0 Å². The number of carbonyl (C=O) groups excluding carboxylic acids is 1. The fourth-order valence-electron chi connectivity index (χ4n) is 3.65. The SMILES string of the molecule is COC(=O)c1c(NC(=S)Nc2ncn(Cc3ccc(Cl)c(Cl)c3)n2)sc2c1CCC(C)C2. The van der Waals surface area contributed by atoms with Crippen LogP contribution in [0.2, 0.25) is 10.0 Å². The first kappa shape index (κ1) is 23.0. The molecule has 2 N–H and O–H groups in total. The van der Waals surface area contributed by atoms with Crippen LogP contribution in [0.4, 0.5) is 10.9 Å². The van der Waals surface area contributed by atoms with Crippen LogP contribution in [0.15, 0.2) is 24.5 Å². The summed E-state index contributed by atoms with van der Waals surface area (Å²) in [4.78, 5) is 17.9. The van der Waals surface area contributed by atoms with E-state index in [4.69, 9.17) is 40.2 Å². The highest BCUT2D eigenvalue weighted by atomic mass is 35.5. The molecule has 0 aliphatic heterocycles. The average molecular weight is 510 g/mol. The van der Waals surface area contributed by atoms with Crippen LogP contribution >= 0.6 is 46.8 Å². The van der Waals surface area contributed by atoms with Crippen molar-refractivity contribution in [1.29, 1.82) is 0 Å². The van der Waals surface area contributed by atoms with Crippen LogP contribution in [-0.4, -0.2) is 33.0 Å². The van der Waals surface area contributed by atoms with E-state index in [0.717, 1.165) is 30.4 Å². The van der Waals surface area contributed by atoms with Gasteiger partial charge in [-0.05, 0) is 60.7 Å². The Morgan fingerprint density at radius 1 is 1.34 bits per heavy atom. The molecule has 2 heterocycles. The number of hydrogen-bond acceptors (Lipinski definition) is 6. The zero-order valence-corrected chi connectivity index (χ0v) is 20.6. The van der Waals surface area contributed by atoms with Gasteiger partial charge in [-0.1, -0.05) is 36.2 Å². The predicted molar refractivity (Wildman–Crippen MR) is 132 cm³/mol. The topological polar surface area (TPSA) is 81.1 Å². The summed E-state index contributed by atoms with van der Waals surface area (Å²) in [7, 11) is 1.39. The van der Waals surface area contributed by atoms with Crippen molar-refractivity contribution in [3.63, 3.8) is 0 Å². The summed E-state index contributed by atoms with van der Waals surface area (Å²) in [5.74, 6) is 0.580. The number of anilines is 2. The summed E-state index contributed by atoms with van der Waals surface area (Å²) in [5.41, 5.74) is 2.58. The summed E-state index contributed by atoms with van der Waals surface area (Å²) in [6.45, 7) is 2.70. The van der Waals surface area contributed by atoms with Crippen LogP contribution in [-0.2, 0) is 24.1 Å². The minimum absolute atomic E-state index is 0.300. The number of halogens is 2. The summed E-state index contributed by atoms with van der Waals surface area (Å²) < 4.78 is 6.68. The Bertz CT molecular complexity index is 1180. The van der Waals surface area contributed by atoms with Crippen LogP contribution in [0.1, 0.15) is 39.7 Å². The van der Waals surface area contributed by atoms with Gasteiger partial charge >= 0.3 is 5.97 Å². The standard InChI is InChI=1S/C21H21Cl2N5O2S2/c1-11-3-5-13-16(7-11)32-18(17(13)19(29)30-2)25-21(31)26-20-24-10-28(27-20)9-12-4-6-14(22)15(23)8-12/h4,6,8,10-11H,3,5,7,9H2,1-2H3,(H2,25,26,27,31). The van der Waals surface area contributed by atoms with Gasteiger partial charge in [-0.25, -0.2) is 14.5 Å². The predicted octanol–water partition coefficient (Wildman–Crippen LogP) is 5.42. The molecule has 4 rings (SSSR count). The summed E-state index contributed by atoms with van der Waals surface area (Å²) in [6.07, 6.45) is 4.46. The van der Waals surface area contributed by atoms with Crippen molar-refractivity contribution < 1.29 is 9.53 Å². The van der Waals surface area contributed by atoms with Crippen molar-refractivity contribution in [3.8, 4) is 0 Å². The molecule has 2 aromatic heterocycles.